The zero-order valence-corrected chi connectivity index (χ0v) is 18.3. The molecule has 2 aliphatic rings. The molecule has 4 rings (SSSR count). The predicted octanol–water partition coefficient (Wildman–Crippen LogP) is 4.83. The van der Waals surface area contributed by atoms with Crippen molar-refractivity contribution in [2.45, 2.75) is 12.4 Å². The van der Waals surface area contributed by atoms with Crippen molar-refractivity contribution in [1.82, 2.24) is 0 Å². The van der Waals surface area contributed by atoms with E-state index in [9.17, 15) is 35.5 Å². The minimum Gasteiger partial charge on any atom is -0.486 e. The lowest BCUT2D eigenvalue weighted by Crippen LogP contribution is -2.28. The second-order valence-electron chi connectivity index (χ2n) is 7.72. The summed E-state index contributed by atoms with van der Waals surface area (Å²) in [6.45, 7) is -3.16. The number of amides is 1. The lowest BCUT2D eigenvalue weighted by molar-refractivity contribution is -0.154. The number of benzene rings is 2. The summed E-state index contributed by atoms with van der Waals surface area (Å²) in [7, 11) is 0. The molecule has 2 heterocycles. The van der Waals surface area contributed by atoms with E-state index in [1.807, 2.05) is 0 Å². The summed E-state index contributed by atoms with van der Waals surface area (Å²) >= 11 is 0. The lowest BCUT2D eigenvalue weighted by Gasteiger charge is -2.19. The number of nitrogens with zero attached hydrogens (tertiary/aromatic N) is 2. The standard InChI is InChI=1S/C23H17F7N2O4/c24-13-1-6-16(18(9-13)36-12-23(28,29)30)19-17-10-32(21(33)20(17)34-8-7-31-19)14-2-4-15(5-3-14)35-11-22(25,26)27/h1-6,9H,7-8,10-12H2. The largest absolute Gasteiger partial charge is 0.486 e. The van der Waals surface area contributed by atoms with Crippen LogP contribution in [0.5, 0.6) is 11.5 Å². The minimum absolute atomic E-state index is 0.00602. The second kappa shape index (κ2) is 9.70. The highest BCUT2D eigenvalue weighted by molar-refractivity contribution is 6.23. The number of carbonyl (C=O) groups is 1. The van der Waals surface area contributed by atoms with E-state index in [1.165, 1.54) is 35.2 Å². The van der Waals surface area contributed by atoms with E-state index in [0.29, 0.717) is 5.69 Å². The normalized spacial score (nSPS) is 16.4. The molecule has 2 aliphatic heterocycles. The first-order valence-corrected chi connectivity index (χ1v) is 10.4. The van der Waals surface area contributed by atoms with E-state index in [1.54, 1.807) is 0 Å². The van der Waals surface area contributed by atoms with Crippen molar-refractivity contribution in [2.24, 2.45) is 4.99 Å². The Hall–Kier alpha value is -3.77. The maximum atomic E-state index is 13.8. The maximum absolute atomic E-state index is 13.8. The van der Waals surface area contributed by atoms with Gasteiger partial charge in [0, 0.05) is 22.9 Å². The number of aliphatic imine (C=N–C) groups is 1. The first kappa shape index (κ1) is 25.3. The third-order valence-electron chi connectivity index (χ3n) is 5.06. The molecule has 0 N–H and O–H groups in total. The summed E-state index contributed by atoms with van der Waals surface area (Å²) in [5.41, 5.74) is 0.714. The second-order valence-corrected chi connectivity index (χ2v) is 7.72. The van der Waals surface area contributed by atoms with Crippen LogP contribution in [0.4, 0.5) is 36.4 Å². The predicted molar refractivity (Wildman–Crippen MR) is 113 cm³/mol. The fourth-order valence-electron chi connectivity index (χ4n) is 3.60. The Bertz CT molecular complexity index is 1200. The summed E-state index contributed by atoms with van der Waals surface area (Å²) in [4.78, 5) is 18.7. The van der Waals surface area contributed by atoms with Crippen LogP contribution in [0.3, 0.4) is 0 Å². The highest BCUT2D eigenvalue weighted by atomic mass is 19.4. The van der Waals surface area contributed by atoms with Crippen molar-refractivity contribution in [1.29, 1.82) is 0 Å². The van der Waals surface area contributed by atoms with E-state index in [0.717, 1.165) is 12.1 Å². The molecular weight excluding hydrogens is 501 g/mol. The molecule has 2 aromatic rings. The molecule has 0 fully saturated rings. The third-order valence-corrected chi connectivity index (χ3v) is 5.06. The van der Waals surface area contributed by atoms with E-state index >= 15 is 0 Å². The Morgan fingerprint density at radius 2 is 1.61 bits per heavy atom. The molecule has 0 aliphatic carbocycles. The van der Waals surface area contributed by atoms with E-state index < -0.39 is 43.0 Å². The molecular formula is C23H17F7N2O4. The molecule has 0 atom stereocenters. The minimum atomic E-state index is -4.67. The number of hydrogen-bond acceptors (Lipinski definition) is 5. The van der Waals surface area contributed by atoms with Gasteiger partial charge in [-0.3, -0.25) is 9.79 Å². The lowest BCUT2D eigenvalue weighted by atomic mass is 10.0. The number of hydrogen-bond donors (Lipinski definition) is 0. The zero-order valence-electron chi connectivity index (χ0n) is 18.3. The van der Waals surface area contributed by atoms with Crippen LogP contribution in [0.25, 0.3) is 0 Å². The van der Waals surface area contributed by atoms with Crippen LogP contribution in [0.15, 0.2) is 58.8 Å². The molecule has 0 radical (unpaired) electrons. The molecule has 6 nitrogen and oxygen atoms in total. The van der Waals surface area contributed by atoms with Gasteiger partial charge in [0.1, 0.15) is 23.9 Å². The Morgan fingerprint density at radius 1 is 0.944 bits per heavy atom. The van der Waals surface area contributed by atoms with Gasteiger partial charge in [-0.2, -0.15) is 26.3 Å². The maximum Gasteiger partial charge on any atom is 0.422 e. The van der Waals surface area contributed by atoms with Gasteiger partial charge in [0.25, 0.3) is 5.91 Å². The number of carbonyl (C=O) groups excluding carboxylic acids is 1. The van der Waals surface area contributed by atoms with Crippen molar-refractivity contribution in [3.8, 4) is 11.5 Å². The summed E-state index contributed by atoms with van der Waals surface area (Å²) < 4.78 is 104. The summed E-state index contributed by atoms with van der Waals surface area (Å²) in [5, 5.41) is 0. The van der Waals surface area contributed by atoms with E-state index in [-0.39, 0.29) is 48.1 Å². The van der Waals surface area contributed by atoms with Crippen LogP contribution in [-0.2, 0) is 9.53 Å². The van der Waals surface area contributed by atoms with Crippen LogP contribution in [0, 0.1) is 5.82 Å². The Balaban J connectivity index is 1.60. The van der Waals surface area contributed by atoms with Gasteiger partial charge in [-0.05, 0) is 36.4 Å². The fraction of sp³-hybridized carbons (Fsp3) is 0.304. The number of ether oxygens (including phenoxy) is 3. The zero-order chi connectivity index (χ0) is 26.1. The molecule has 0 aromatic heterocycles. The molecule has 192 valence electrons. The Morgan fingerprint density at radius 3 is 2.28 bits per heavy atom. The molecule has 0 saturated heterocycles. The average molecular weight is 518 g/mol. The molecule has 1 amide bonds. The van der Waals surface area contributed by atoms with Gasteiger partial charge < -0.3 is 19.1 Å². The molecule has 0 spiro atoms. The fourth-order valence-corrected chi connectivity index (χ4v) is 3.60. The van der Waals surface area contributed by atoms with Crippen LogP contribution in [0.2, 0.25) is 0 Å². The van der Waals surface area contributed by atoms with Crippen LogP contribution < -0.4 is 14.4 Å². The van der Waals surface area contributed by atoms with Gasteiger partial charge in [0.2, 0.25) is 0 Å². The van der Waals surface area contributed by atoms with Crippen molar-refractivity contribution in [2.75, 3.05) is 37.8 Å². The van der Waals surface area contributed by atoms with E-state index in [4.69, 9.17) is 9.47 Å². The van der Waals surface area contributed by atoms with Gasteiger partial charge in [-0.1, -0.05) is 0 Å². The quantitative estimate of drug-likeness (QED) is 0.515. The first-order valence-electron chi connectivity index (χ1n) is 10.4. The van der Waals surface area contributed by atoms with Gasteiger partial charge in [-0.25, -0.2) is 4.39 Å². The molecule has 0 bridgehead atoms. The number of alkyl halides is 6. The smallest absolute Gasteiger partial charge is 0.422 e. The van der Waals surface area contributed by atoms with Crippen molar-refractivity contribution < 1.29 is 49.7 Å². The molecule has 2 aromatic carbocycles. The monoisotopic (exact) mass is 518 g/mol. The molecule has 13 heteroatoms. The molecule has 0 unspecified atom stereocenters. The number of halogens is 7. The van der Waals surface area contributed by atoms with Gasteiger partial charge in [-0.15, -0.1) is 0 Å². The molecule has 36 heavy (non-hydrogen) atoms. The highest BCUT2D eigenvalue weighted by Gasteiger charge is 2.38. The summed E-state index contributed by atoms with van der Waals surface area (Å²) in [5.74, 6) is -1.96. The third kappa shape index (κ3) is 5.89. The average Bonchev–Trinajstić information content (AvgIpc) is 2.98. The van der Waals surface area contributed by atoms with Crippen molar-refractivity contribution >= 4 is 17.3 Å². The SMILES string of the molecule is O=C1C2=C(CN1c1ccc(OCC(F)(F)F)cc1)C(c1ccc(F)cc1OCC(F)(F)F)=NCCO2. The van der Waals surface area contributed by atoms with Crippen molar-refractivity contribution in [3.05, 3.63) is 65.2 Å². The van der Waals surface area contributed by atoms with Crippen LogP contribution in [-0.4, -0.2) is 56.9 Å². The Labute approximate surface area is 199 Å². The van der Waals surface area contributed by atoms with Crippen molar-refractivity contribution in [3.63, 3.8) is 0 Å². The van der Waals surface area contributed by atoms with Gasteiger partial charge in [0.15, 0.2) is 19.0 Å². The van der Waals surface area contributed by atoms with Crippen LogP contribution >= 0.6 is 0 Å². The summed E-state index contributed by atoms with van der Waals surface area (Å²) in [6.07, 6.45) is -9.18. The van der Waals surface area contributed by atoms with E-state index in [2.05, 4.69) is 9.73 Å². The van der Waals surface area contributed by atoms with Gasteiger partial charge >= 0.3 is 12.4 Å². The first-order chi connectivity index (χ1) is 16.9. The Kier molecular flexibility index (Phi) is 6.83. The highest BCUT2D eigenvalue weighted by Crippen LogP contribution is 2.34. The number of anilines is 1. The summed E-state index contributed by atoms with van der Waals surface area (Å²) in [6, 6.07) is 8.30. The van der Waals surface area contributed by atoms with Gasteiger partial charge in [0.05, 0.1) is 18.8 Å². The molecule has 0 saturated carbocycles. The van der Waals surface area contributed by atoms with Crippen LogP contribution in [0.1, 0.15) is 5.56 Å². The topological polar surface area (TPSA) is 60.4 Å². The number of rotatable bonds is 6.